The number of thiophene rings is 1. The SMILES string of the molecule is CCOc1ccc(C(O)=C2C(=O)C(=O)N(Cc3ccccc3)C2c2cccs2)cc1. The lowest BCUT2D eigenvalue weighted by Gasteiger charge is -2.24. The number of carbonyl (C=O) groups excluding carboxylic acids is 2. The van der Waals surface area contributed by atoms with Crippen molar-refractivity contribution in [3.05, 3.63) is 93.7 Å². The Morgan fingerprint density at radius 2 is 1.77 bits per heavy atom. The first-order valence-electron chi connectivity index (χ1n) is 9.69. The fourth-order valence-electron chi connectivity index (χ4n) is 3.60. The molecule has 152 valence electrons. The quantitative estimate of drug-likeness (QED) is 0.355. The average molecular weight is 420 g/mol. The molecule has 6 heteroatoms. The highest BCUT2D eigenvalue weighted by Gasteiger charge is 2.46. The molecule has 0 spiro atoms. The Labute approximate surface area is 178 Å². The zero-order chi connectivity index (χ0) is 21.1. The van der Waals surface area contributed by atoms with Crippen molar-refractivity contribution >= 4 is 28.8 Å². The first-order valence-corrected chi connectivity index (χ1v) is 10.6. The minimum Gasteiger partial charge on any atom is -0.507 e. The molecule has 3 aromatic rings. The molecule has 1 amide bonds. The molecule has 1 saturated heterocycles. The summed E-state index contributed by atoms with van der Waals surface area (Å²) in [5, 5.41) is 12.9. The summed E-state index contributed by atoms with van der Waals surface area (Å²) < 4.78 is 5.44. The number of hydrogen-bond donors (Lipinski definition) is 1. The molecule has 1 N–H and O–H groups in total. The van der Waals surface area contributed by atoms with Crippen LogP contribution in [0, 0.1) is 0 Å². The van der Waals surface area contributed by atoms with E-state index in [0.717, 1.165) is 10.4 Å². The minimum absolute atomic E-state index is 0.113. The number of likely N-dealkylation sites (tertiary alicyclic amines) is 1. The molecule has 0 aliphatic carbocycles. The van der Waals surface area contributed by atoms with Gasteiger partial charge < -0.3 is 14.7 Å². The molecule has 2 heterocycles. The standard InChI is InChI=1S/C24H21NO4S/c1-2-29-18-12-10-17(11-13-18)22(26)20-21(19-9-6-14-30-19)25(24(28)23(20)27)15-16-7-4-3-5-8-16/h3-14,21,26H,2,15H2,1H3. The lowest BCUT2D eigenvalue weighted by molar-refractivity contribution is -0.140. The Kier molecular flexibility index (Phi) is 5.68. The smallest absolute Gasteiger partial charge is 0.295 e. The van der Waals surface area contributed by atoms with Crippen molar-refractivity contribution in [2.24, 2.45) is 0 Å². The number of carbonyl (C=O) groups is 2. The number of aliphatic hydroxyl groups excluding tert-OH is 1. The van der Waals surface area contributed by atoms with Crippen molar-refractivity contribution in [2.75, 3.05) is 6.61 Å². The second-order valence-electron chi connectivity index (χ2n) is 6.89. The van der Waals surface area contributed by atoms with Gasteiger partial charge in [0.2, 0.25) is 0 Å². The molecule has 0 saturated carbocycles. The third-order valence-electron chi connectivity index (χ3n) is 4.99. The number of rotatable bonds is 6. The molecule has 0 radical (unpaired) electrons. The number of benzene rings is 2. The predicted molar refractivity (Wildman–Crippen MR) is 116 cm³/mol. The topological polar surface area (TPSA) is 66.8 Å². The molecule has 1 fully saturated rings. The van der Waals surface area contributed by atoms with E-state index in [9.17, 15) is 14.7 Å². The summed E-state index contributed by atoms with van der Waals surface area (Å²) in [5.41, 5.74) is 1.50. The summed E-state index contributed by atoms with van der Waals surface area (Å²) in [7, 11) is 0. The zero-order valence-corrected chi connectivity index (χ0v) is 17.3. The summed E-state index contributed by atoms with van der Waals surface area (Å²) in [6, 6.07) is 19.5. The van der Waals surface area contributed by atoms with Crippen molar-refractivity contribution < 1.29 is 19.4 Å². The Balaban J connectivity index is 1.78. The lowest BCUT2D eigenvalue weighted by Crippen LogP contribution is -2.28. The first kappa shape index (κ1) is 19.9. The van der Waals surface area contributed by atoms with Crippen LogP contribution in [0.25, 0.3) is 5.76 Å². The molecule has 1 aliphatic rings. The maximum Gasteiger partial charge on any atom is 0.295 e. The maximum atomic E-state index is 13.0. The van der Waals surface area contributed by atoms with E-state index in [1.54, 1.807) is 24.3 Å². The minimum atomic E-state index is -0.671. The fraction of sp³-hybridized carbons (Fsp3) is 0.167. The molecule has 4 rings (SSSR count). The number of nitrogens with zero attached hydrogens (tertiary/aromatic N) is 1. The van der Waals surface area contributed by atoms with Crippen LogP contribution in [0.4, 0.5) is 0 Å². The molecule has 1 aromatic heterocycles. The van der Waals surface area contributed by atoms with E-state index < -0.39 is 17.7 Å². The maximum absolute atomic E-state index is 13.0. The van der Waals surface area contributed by atoms with Gasteiger partial charge >= 0.3 is 0 Å². The van der Waals surface area contributed by atoms with E-state index >= 15 is 0 Å². The van der Waals surface area contributed by atoms with Crippen LogP contribution >= 0.6 is 11.3 Å². The van der Waals surface area contributed by atoms with Gasteiger partial charge in [0.1, 0.15) is 11.5 Å². The highest BCUT2D eigenvalue weighted by molar-refractivity contribution is 7.10. The summed E-state index contributed by atoms with van der Waals surface area (Å²) in [5.74, 6) is -0.779. The molecular weight excluding hydrogens is 398 g/mol. The second-order valence-corrected chi connectivity index (χ2v) is 7.86. The third-order valence-corrected chi connectivity index (χ3v) is 5.91. The van der Waals surface area contributed by atoms with E-state index in [0.29, 0.717) is 17.9 Å². The Bertz CT molecular complexity index is 1070. The van der Waals surface area contributed by atoms with Crippen LogP contribution in [0.2, 0.25) is 0 Å². The van der Waals surface area contributed by atoms with Gasteiger partial charge in [0.05, 0.1) is 18.2 Å². The normalized spacial score (nSPS) is 18.0. The van der Waals surface area contributed by atoms with E-state index in [4.69, 9.17) is 4.74 Å². The van der Waals surface area contributed by atoms with E-state index in [1.807, 2.05) is 54.8 Å². The number of ether oxygens (including phenoxy) is 1. The van der Waals surface area contributed by atoms with E-state index in [2.05, 4.69) is 0 Å². The molecular formula is C24H21NO4S. The molecule has 0 bridgehead atoms. The van der Waals surface area contributed by atoms with E-state index in [1.165, 1.54) is 16.2 Å². The molecule has 1 atom stereocenters. The van der Waals surface area contributed by atoms with Crippen LogP contribution in [0.1, 0.15) is 29.0 Å². The third kappa shape index (κ3) is 3.74. The van der Waals surface area contributed by atoms with Gasteiger partial charge in [-0.1, -0.05) is 36.4 Å². The largest absolute Gasteiger partial charge is 0.507 e. The zero-order valence-electron chi connectivity index (χ0n) is 16.4. The Morgan fingerprint density at radius 3 is 2.40 bits per heavy atom. The monoisotopic (exact) mass is 419 g/mol. The number of hydrogen-bond acceptors (Lipinski definition) is 5. The predicted octanol–water partition coefficient (Wildman–Crippen LogP) is 4.77. The Morgan fingerprint density at radius 1 is 1.03 bits per heavy atom. The van der Waals surface area contributed by atoms with E-state index in [-0.39, 0.29) is 17.9 Å². The van der Waals surface area contributed by atoms with Crippen molar-refractivity contribution in [3.8, 4) is 5.75 Å². The van der Waals surface area contributed by atoms with Gasteiger partial charge in [0.15, 0.2) is 0 Å². The van der Waals surface area contributed by atoms with Gasteiger partial charge in [-0.05, 0) is 48.2 Å². The van der Waals surface area contributed by atoms with Crippen molar-refractivity contribution in [1.82, 2.24) is 4.90 Å². The number of ketones is 1. The van der Waals surface area contributed by atoms with Gasteiger partial charge in [-0.15, -0.1) is 11.3 Å². The molecule has 1 aliphatic heterocycles. The number of aliphatic hydroxyl groups is 1. The fourth-order valence-corrected chi connectivity index (χ4v) is 4.44. The first-order chi connectivity index (χ1) is 14.6. The average Bonchev–Trinajstić information content (AvgIpc) is 3.38. The highest BCUT2D eigenvalue weighted by atomic mass is 32.1. The lowest BCUT2D eigenvalue weighted by atomic mass is 9.99. The van der Waals surface area contributed by atoms with Crippen LogP contribution in [-0.4, -0.2) is 28.3 Å². The van der Waals surface area contributed by atoms with Crippen molar-refractivity contribution in [3.63, 3.8) is 0 Å². The second kappa shape index (κ2) is 8.55. The molecule has 2 aromatic carbocycles. The molecule has 5 nitrogen and oxygen atoms in total. The van der Waals surface area contributed by atoms with Gasteiger partial charge in [-0.2, -0.15) is 0 Å². The van der Waals surface area contributed by atoms with Gasteiger partial charge in [0, 0.05) is 17.0 Å². The summed E-state index contributed by atoms with van der Waals surface area (Å²) in [4.78, 5) is 28.2. The van der Waals surface area contributed by atoms with Crippen molar-refractivity contribution in [2.45, 2.75) is 19.5 Å². The van der Waals surface area contributed by atoms with Crippen molar-refractivity contribution in [1.29, 1.82) is 0 Å². The summed E-state index contributed by atoms with van der Waals surface area (Å²) in [6.07, 6.45) is 0. The number of amides is 1. The number of Topliss-reactive ketones (excluding diaryl/α,β-unsaturated/α-hetero) is 1. The van der Waals surface area contributed by atoms with Crippen LogP contribution in [-0.2, 0) is 16.1 Å². The molecule has 30 heavy (non-hydrogen) atoms. The van der Waals surface area contributed by atoms with Crippen LogP contribution < -0.4 is 4.74 Å². The Hall–Kier alpha value is -3.38. The highest BCUT2D eigenvalue weighted by Crippen LogP contribution is 2.41. The summed E-state index contributed by atoms with van der Waals surface area (Å²) >= 11 is 1.45. The van der Waals surface area contributed by atoms with Crippen LogP contribution in [0.15, 0.2) is 77.7 Å². The van der Waals surface area contributed by atoms with Gasteiger partial charge in [0.25, 0.3) is 11.7 Å². The summed E-state index contributed by atoms with van der Waals surface area (Å²) in [6.45, 7) is 2.71. The molecule has 1 unspecified atom stereocenters. The van der Waals surface area contributed by atoms with Gasteiger partial charge in [-0.25, -0.2) is 0 Å². The van der Waals surface area contributed by atoms with Crippen LogP contribution in [0.3, 0.4) is 0 Å². The van der Waals surface area contributed by atoms with Gasteiger partial charge in [-0.3, -0.25) is 9.59 Å². The van der Waals surface area contributed by atoms with Crippen LogP contribution in [0.5, 0.6) is 5.75 Å².